The van der Waals surface area contributed by atoms with Crippen LogP contribution in [0.1, 0.15) is 18.4 Å². The van der Waals surface area contributed by atoms with E-state index in [0.29, 0.717) is 0 Å². The SMILES string of the molecule is Cc1cc(N(C)C)ccc1NCC1CC2C=CC1C2. The maximum atomic E-state index is 3.65. The third-order valence-corrected chi connectivity index (χ3v) is 4.70. The van der Waals surface area contributed by atoms with Gasteiger partial charge < -0.3 is 10.2 Å². The number of aryl methyl sites for hydroxylation is 1. The molecule has 0 spiro atoms. The smallest absolute Gasteiger partial charge is 0.0371 e. The zero-order valence-electron chi connectivity index (χ0n) is 12.2. The second-order valence-electron chi connectivity index (χ2n) is 6.31. The lowest BCUT2D eigenvalue weighted by Gasteiger charge is -2.21. The number of nitrogens with zero attached hydrogens (tertiary/aromatic N) is 1. The number of nitrogens with one attached hydrogen (secondary N) is 1. The minimum Gasteiger partial charge on any atom is -0.385 e. The average Bonchev–Trinajstić information content (AvgIpc) is 2.99. The van der Waals surface area contributed by atoms with E-state index in [1.807, 2.05) is 0 Å². The van der Waals surface area contributed by atoms with E-state index in [1.165, 1.54) is 29.8 Å². The predicted molar refractivity (Wildman–Crippen MR) is 82.8 cm³/mol. The molecule has 2 aliphatic rings. The van der Waals surface area contributed by atoms with Crippen molar-refractivity contribution in [2.24, 2.45) is 17.8 Å². The lowest BCUT2D eigenvalue weighted by molar-refractivity contribution is 0.472. The van der Waals surface area contributed by atoms with Crippen molar-refractivity contribution in [3.05, 3.63) is 35.9 Å². The van der Waals surface area contributed by atoms with Gasteiger partial charge >= 0.3 is 0 Å². The van der Waals surface area contributed by atoms with Crippen molar-refractivity contribution in [1.82, 2.24) is 0 Å². The van der Waals surface area contributed by atoms with Crippen LogP contribution in [0.5, 0.6) is 0 Å². The second-order valence-corrected chi connectivity index (χ2v) is 6.31. The molecule has 1 N–H and O–H groups in total. The van der Waals surface area contributed by atoms with E-state index in [0.717, 1.165) is 24.3 Å². The number of fused-ring (bicyclic) bond motifs is 2. The van der Waals surface area contributed by atoms with Gasteiger partial charge in [0.2, 0.25) is 0 Å². The Hall–Kier alpha value is -1.44. The summed E-state index contributed by atoms with van der Waals surface area (Å²) >= 11 is 0. The molecule has 1 saturated carbocycles. The number of hydrogen-bond acceptors (Lipinski definition) is 2. The molecule has 0 radical (unpaired) electrons. The Bertz CT molecular complexity index is 490. The van der Waals surface area contributed by atoms with Crippen LogP contribution in [-0.4, -0.2) is 20.6 Å². The average molecular weight is 256 g/mol. The molecule has 2 nitrogen and oxygen atoms in total. The maximum absolute atomic E-state index is 3.65. The normalized spacial score (nSPS) is 27.8. The van der Waals surface area contributed by atoms with Crippen molar-refractivity contribution in [3.8, 4) is 0 Å². The lowest BCUT2D eigenvalue weighted by Crippen LogP contribution is -2.18. The number of anilines is 2. The summed E-state index contributed by atoms with van der Waals surface area (Å²) in [6.45, 7) is 3.31. The highest BCUT2D eigenvalue weighted by atomic mass is 15.1. The molecule has 0 aromatic heterocycles. The Kier molecular flexibility index (Phi) is 3.26. The lowest BCUT2D eigenvalue weighted by atomic mass is 9.93. The summed E-state index contributed by atoms with van der Waals surface area (Å²) in [7, 11) is 4.17. The highest BCUT2D eigenvalue weighted by Gasteiger charge is 2.35. The van der Waals surface area contributed by atoms with Crippen LogP contribution in [0.3, 0.4) is 0 Å². The fourth-order valence-corrected chi connectivity index (χ4v) is 3.49. The van der Waals surface area contributed by atoms with E-state index < -0.39 is 0 Å². The van der Waals surface area contributed by atoms with Crippen LogP contribution in [0.4, 0.5) is 11.4 Å². The van der Waals surface area contributed by atoms with Gasteiger partial charge in [0.05, 0.1) is 0 Å². The first kappa shape index (κ1) is 12.6. The van der Waals surface area contributed by atoms with Gasteiger partial charge in [-0.3, -0.25) is 0 Å². The Morgan fingerprint density at radius 2 is 2.05 bits per heavy atom. The second kappa shape index (κ2) is 4.92. The molecular weight excluding hydrogens is 232 g/mol. The monoisotopic (exact) mass is 256 g/mol. The predicted octanol–water partition coefficient (Wildman–Crippen LogP) is 3.69. The van der Waals surface area contributed by atoms with Gasteiger partial charge in [0.25, 0.3) is 0 Å². The molecule has 0 heterocycles. The molecule has 2 bridgehead atoms. The summed E-state index contributed by atoms with van der Waals surface area (Å²) in [5.41, 5.74) is 3.90. The van der Waals surface area contributed by atoms with Gasteiger partial charge in [0.15, 0.2) is 0 Å². The summed E-state index contributed by atoms with van der Waals surface area (Å²) in [5, 5.41) is 3.65. The Morgan fingerprint density at radius 3 is 2.63 bits per heavy atom. The summed E-state index contributed by atoms with van der Waals surface area (Å²) in [6.07, 6.45) is 7.62. The van der Waals surface area contributed by atoms with Crippen molar-refractivity contribution in [1.29, 1.82) is 0 Å². The van der Waals surface area contributed by atoms with Gasteiger partial charge in [-0.15, -0.1) is 0 Å². The van der Waals surface area contributed by atoms with Crippen molar-refractivity contribution < 1.29 is 0 Å². The number of rotatable bonds is 4. The first-order valence-corrected chi connectivity index (χ1v) is 7.33. The van der Waals surface area contributed by atoms with Crippen LogP contribution in [-0.2, 0) is 0 Å². The number of hydrogen-bond donors (Lipinski definition) is 1. The molecule has 19 heavy (non-hydrogen) atoms. The third kappa shape index (κ3) is 2.49. The maximum Gasteiger partial charge on any atom is 0.0371 e. The minimum atomic E-state index is 0.832. The quantitative estimate of drug-likeness (QED) is 0.827. The van der Waals surface area contributed by atoms with Crippen molar-refractivity contribution in [3.63, 3.8) is 0 Å². The van der Waals surface area contributed by atoms with E-state index >= 15 is 0 Å². The van der Waals surface area contributed by atoms with Crippen molar-refractivity contribution >= 4 is 11.4 Å². The highest BCUT2D eigenvalue weighted by Crippen LogP contribution is 2.43. The zero-order chi connectivity index (χ0) is 13.4. The summed E-state index contributed by atoms with van der Waals surface area (Å²) in [4.78, 5) is 2.15. The third-order valence-electron chi connectivity index (χ3n) is 4.70. The zero-order valence-corrected chi connectivity index (χ0v) is 12.2. The first-order chi connectivity index (χ1) is 9.13. The van der Waals surface area contributed by atoms with E-state index in [9.17, 15) is 0 Å². The van der Waals surface area contributed by atoms with Crippen molar-refractivity contribution in [2.75, 3.05) is 30.9 Å². The largest absolute Gasteiger partial charge is 0.385 e. The van der Waals surface area contributed by atoms with Gasteiger partial charge in [0, 0.05) is 32.0 Å². The van der Waals surface area contributed by atoms with Gasteiger partial charge in [-0.2, -0.15) is 0 Å². The minimum absolute atomic E-state index is 0.832. The molecule has 0 aliphatic heterocycles. The van der Waals surface area contributed by atoms with Gasteiger partial charge in [-0.1, -0.05) is 12.2 Å². The molecule has 1 aromatic carbocycles. The van der Waals surface area contributed by atoms with Crippen LogP contribution >= 0.6 is 0 Å². The molecule has 1 aromatic rings. The fraction of sp³-hybridized carbons (Fsp3) is 0.529. The summed E-state index contributed by atoms with van der Waals surface area (Å²) in [5.74, 6) is 2.54. The van der Waals surface area contributed by atoms with E-state index in [1.54, 1.807) is 0 Å². The first-order valence-electron chi connectivity index (χ1n) is 7.33. The van der Waals surface area contributed by atoms with E-state index in [-0.39, 0.29) is 0 Å². The van der Waals surface area contributed by atoms with Crippen molar-refractivity contribution in [2.45, 2.75) is 19.8 Å². The molecule has 3 unspecified atom stereocenters. The highest BCUT2D eigenvalue weighted by molar-refractivity contribution is 5.59. The summed E-state index contributed by atoms with van der Waals surface area (Å²) < 4.78 is 0. The topological polar surface area (TPSA) is 15.3 Å². The molecule has 0 amide bonds. The Labute approximate surface area is 116 Å². The molecule has 1 fully saturated rings. The molecule has 2 aliphatic carbocycles. The molecule has 3 atom stereocenters. The number of allylic oxidation sites excluding steroid dienone is 2. The van der Waals surface area contributed by atoms with E-state index in [4.69, 9.17) is 0 Å². The Morgan fingerprint density at radius 1 is 1.21 bits per heavy atom. The molecule has 102 valence electrons. The molecule has 3 rings (SSSR count). The molecule has 2 heteroatoms. The Balaban J connectivity index is 1.62. The van der Waals surface area contributed by atoms with Crippen LogP contribution in [0.25, 0.3) is 0 Å². The van der Waals surface area contributed by atoms with E-state index in [2.05, 4.69) is 61.6 Å². The van der Waals surface area contributed by atoms with Crippen LogP contribution < -0.4 is 10.2 Å². The van der Waals surface area contributed by atoms with Gasteiger partial charge in [-0.05, 0) is 61.3 Å². The fourth-order valence-electron chi connectivity index (χ4n) is 3.49. The summed E-state index contributed by atoms with van der Waals surface area (Å²) in [6, 6.07) is 6.66. The molecular formula is C17H24N2. The van der Waals surface area contributed by atoms with Gasteiger partial charge in [-0.25, -0.2) is 0 Å². The van der Waals surface area contributed by atoms with Crippen LogP contribution in [0.15, 0.2) is 30.4 Å². The molecule has 0 saturated heterocycles. The van der Waals surface area contributed by atoms with Crippen LogP contribution in [0, 0.1) is 24.7 Å². The number of benzene rings is 1. The van der Waals surface area contributed by atoms with Crippen LogP contribution in [0.2, 0.25) is 0 Å². The van der Waals surface area contributed by atoms with Gasteiger partial charge in [0.1, 0.15) is 0 Å². The standard InChI is InChI=1S/C17H24N2/c1-12-8-16(19(2)3)6-7-17(12)18-11-15-10-13-4-5-14(15)9-13/h4-8,13-15,18H,9-11H2,1-3H3.